The van der Waals surface area contributed by atoms with Crippen molar-refractivity contribution in [3.63, 3.8) is 0 Å². The molecule has 2 N–H and O–H groups in total. The van der Waals surface area contributed by atoms with E-state index in [1.807, 2.05) is 37.3 Å². The van der Waals surface area contributed by atoms with Crippen molar-refractivity contribution in [1.29, 1.82) is 0 Å². The van der Waals surface area contributed by atoms with Gasteiger partial charge in [0, 0.05) is 25.1 Å². The highest BCUT2D eigenvalue weighted by Gasteiger charge is 2.18. The molecule has 0 amide bonds. The Labute approximate surface area is 172 Å². The quantitative estimate of drug-likeness (QED) is 0.290. The van der Waals surface area contributed by atoms with Gasteiger partial charge in [-0.3, -0.25) is 4.79 Å². The molecule has 0 atom stereocenters. The fourth-order valence-electron chi connectivity index (χ4n) is 3.29. The Morgan fingerprint density at radius 1 is 1.24 bits per heavy atom. The normalized spacial score (nSPS) is 14.7. The van der Waals surface area contributed by atoms with Crippen molar-refractivity contribution in [3.8, 4) is 11.5 Å². The molecule has 0 saturated heterocycles. The van der Waals surface area contributed by atoms with E-state index in [1.54, 1.807) is 6.26 Å². The second kappa shape index (κ2) is 11.2. The third-order valence-corrected chi connectivity index (χ3v) is 4.77. The van der Waals surface area contributed by atoms with Gasteiger partial charge in [-0.05, 0) is 51.2 Å². The molecule has 7 nitrogen and oxygen atoms in total. The van der Waals surface area contributed by atoms with Crippen LogP contribution in [0.25, 0.3) is 11.5 Å². The average molecular weight is 399 g/mol. The molecular formula is C22H30N4O3. The summed E-state index contributed by atoms with van der Waals surface area (Å²) in [4.78, 5) is 20.9. The number of hydrogen-bond donors (Lipinski definition) is 2. The average Bonchev–Trinajstić information content (AvgIpc) is 3.42. The first-order valence-corrected chi connectivity index (χ1v) is 10.5. The maximum Gasteiger partial charge on any atom is 0.306 e. The minimum Gasteiger partial charge on any atom is -0.462 e. The molecule has 1 fully saturated rings. The van der Waals surface area contributed by atoms with E-state index >= 15 is 0 Å². The van der Waals surface area contributed by atoms with Crippen molar-refractivity contribution in [1.82, 2.24) is 15.6 Å². The standard InChI is InChI=1S/C22H30N4O3/c1-2-23-22(24-14-8-13-20(27)29-19-11-6-7-12-19)25-15-18-16-28-21(26-18)17-9-4-3-5-10-17/h3-5,9-10,16,19H,2,6-8,11-15H2,1H3,(H2,23,24,25). The number of esters is 1. The van der Waals surface area contributed by atoms with Gasteiger partial charge in [-0.15, -0.1) is 0 Å². The van der Waals surface area contributed by atoms with E-state index < -0.39 is 0 Å². The number of aliphatic imine (C=N–C) groups is 1. The van der Waals surface area contributed by atoms with Gasteiger partial charge in [0.15, 0.2) is 5.96 Å². The number of nitrogens with zero attached hydrogens (tertiary/aromatic N) is 2. The van der Waals surface area contributed by atoms with Gasteiger partial charge < -0.3 is 19.8 Å². The van der Waals surface area contributed by atoms with Crippen LogP contribution in [0.5, 0.6) is 0 Å². The summed E-state index contributed by atoms with van der Waals surface area (Å²) in [6, 6.07) is 9.78. The summed E-state index contributed by atoms with van der Waals surface area (Å²) in [5, 5.41) is 6.45. The fraction of sp³-hybridized carbons (Fsp3) is 0.500. The van der Waals surface area contributed by atoms with E-state index in [0.717, 1.165) is 30.6 Å². The zero-order valence-electron chi connectivity index (χ0n) is 17.0. The molecule has 0 radical (unpaired) electrons. The van der Waals surface area contributed by atoms with Crippen LogP contribution in [0.15, 0.2) is 46.0 Å². The first kappa shape index (κ1) is 20.9. The second-order valence-electron chi connectivity index (χ2n) is 7.13. The third-order valence-electron chi connectivity index (χ3n) is 4.77. The number of oxazole rings is 1. The van der Waals surface area contributed by atoms with Gasteiger partial charge in [-0.25, -0.2) is 9.98 Å². The number of carbonyl (C=O) groups excluding carboxylic acids is 1. The molecule has 29 heavy (non-hydrogen) atoms. The Bertz CT molecular complexity index is 782. The third kappa shape index (κ3) is 6.93. The van der Waals surface area contributed by atoms with E-state index in [1.165, 1.54) is 12.8 Å². The van der Waals surface area contributed by atoms with Crippen LogP contribution >= 0.6 is 0 Å². The molecule has 1 aromatic carbocycles. The summed E-state index contributed by atoms with van der Waals surface area (Å²) in [6.45, 7) is 3.83. The number of guanidine groups is 1. The molecule has 1 saturated carbocycles. The van der Waals surface area contributed by atoms with Gasteiger partial charge in [0.05, 0.1) is 6.54 Å². The first-order valence-electron chi connectivity index (χ1n) is 10.5. The molecule has 0 unspecified atom stereocenters. The zero-order valence-corrected chi connectivity index (χ0v) is 17.0. The fourth-order valence-corrected chi connectivity index (χ4v) is 3.29. The molecule has 0 spiro atoms. The topological polar surface area (TPSA) is 88.8 Å². The number of rotatable bonds is 9. The van der Waals surface area contributed by atoms with Crippen molar-refractivity contribution >= 4 is 11.9 Å². The smallest absolute Gasteiger partial charge is 0.306 e. The molecule has 1 aliphatic carbocycles. The maximum atomic E-state index is 11.9. The minimum atomic E-state index is -0.100. The van der Waals surface area contributed by atoms with Crippen LogP contribution in [0.1, 0.15) is 51.1 Å². The number of benzene rings is 1. The molecular weight excluding hydrogens is 368 g/mol. The van der Waals surface area contributed by atoms with E-state index in [9.17, 15) is 4.79 Å². The highest BCUT2D eigenvalue weighted by Crippen LogP contribution is 2.21. The molecule has 7 heteroatoms. The molecule has 1 aliphatic rings. The van der Waals surface area contributed by atoms with Crippen LogP contribution in [0.3, 0.4) is 0 Å². The lowest BCUT2D eigenvalue weighted by atomic mass is 10.2. The largest absolute Gasteiger partial charge is 0.462 e. The van der Waals surface area contributed by atoms with Gasteiger partial charge in [-0.2, -0.15) is 0 Å². The van der Waals surface area contributed by atoms with Crippen LogP contribution in [0.4, 0.5) is 0 Å². The number of hydrogen-bond acceptors (Lipinski definition) is 5. The van der Waals surface area contributed by atoms with Crippen LogP contribution in [-0.2, 0) is 16.1 Å². The van der Waals surface area contributed by atoms with Gasteiger partial charge in [0.25, 0.3) is 0 Å². The first-order chi connectivity index (χ1) is 14.2. The van der Waals surface area contributed by atoms with E-state index in [4.69, 9.17) is 9.15 Å². The van der Waals surface area contributed by atoms with E-state index in [0.29, 0.717) is 37.8 Å². The van der Waals surface area contributed by atoms with E-state index in [2.05, 4.69) is 20.6 Å². The molecule has 1 heterocycles. The SMILES string of the molecule is CCNC(=NCc1coc(-c2ccccc2)n1)NCCCC(=O)OC1CCCC1. The number of nitrogens with one attached hydrogen (secondary N) is 2. The van der Waals surface area contributed by atoms with Crippen LogP contribution < -0.4 is 10.6 Å². The molecule has 2 aromatic rings. The summed E-state index contributed by atoms with van der Waals surface area (Å²) < 4.78 is 11.0. The van der Waals surface area contributed by atoms with Crippen molar-refractivity contribution in [2.75, 3.05) is 13.1 Å². The molecule has 3 rings (SSSR count). The van der Waals surface area contributed by atoms with Gasteiger partial charge in [0.2, 0.25) is 5.89 Å². The van der Waals surface area contributed by atoms with Crippen LogP contribution in [0, 0.1) is 0 Å². The predicted molar refractivity (Wildman–Crippen MR) is 112 cm³/mol. The second-order valence-corrected chi connectivity index (χ2v) is 7.13. The highest BCUT2D eigenvalue weighted by molar-refractivity contribution is 5.79. The van der Waals surface area contributed by atoms with Crippen molar-refractivity contribution in [3.05, 3.63) is 42.3 Å². The molecule has 0 aliphatic heterocycles. The van der Waals surface area contributed by atoms with Crippen LogP contribution in [-0.4, -0.2) is 36.1 Å². The summed E-state index contributed by atoms with van der Waals surface area (Å²) in [7, 11) is 0. The predicted octanol–water partition coefficient (Wildman–Crippen LogP) is 3.66. The lowest BCUT2D eigenvalue weighted by molar-refractivity contribution is -0.148. The Morgan fingerprint density at radius 3 is 2.79 bits per heavy atom. The Kier molecular flexibility index (Phi) is 8.10. The van der Waals surface area contributed by atoms with Gasteiger partial charge >= 0.3 is 5.97 Å². The lowest BCUT2D eigenvalue weighted by Gasteiger charge is -2.12. The molecule has 156 valence electrons. The lowest BCUT2D eigenvalue weighted by Crippen LogP contribution is -2.38. The van der Waals surface area contributed by atoms with Gasteiger partial charge in [0.1, 0.15) is 18.1 Å². The van der Waals surface area contributed by atoms with Crippen molar-refractivity contribution < 1.29 is 13.9 Å². The van der Waals surface area contributed by atoms with Crippen molar-refractivity contribution in [2.45, 2.75) is 58.1 Å². The number of ether oxygens (including phenoxy) is 1. The van der Waals surface area contributed by atoms with Crippen molar-refractivity contribution in [2.24, 2.45) is 4.99 Å². The maximum absolute atomic E-state index is 11.9. The van der Waals surface area contributed by atoms with E-state index in [-0.39, 0.29) is 12.1 Å². The van der Waals surface area contributed by atoms with Crippen LogP contribution in [0.2, 0.25) is 0 Å². The number of carbonyl (C=O) groups is 1. The Morgan fingerprint density at radius 2 is 2.03 bits per heavy atom. The highest BCUT2D eigenvalue weighted by atomic mass is 16.5. The summed E-state index contributed by atoms with van der Waals surface area (Å²) in [6.07, 6.45) is 7.25. The number of aromatic nitrogens is 1. The minimum absolute atomic E-state index is 0.100. The Balaban J connectivity index is 1.42. The summed E-state index contributed by atoms with van der Waals surface area (Å²) >= 11 is 0. The molecule has 1 aromatic heterocycles. The zero-order chi connectivity index (χ0) is 20.3. The summed E-state index contributed by atoms with van der Waals surface area (Å²) in [5.74, 6) is 1.19. The Hall–Kier alpha value is -2.83. The van der Waals surface area contributed by atoms with Gasteiger partial charge in [-0.1, -0.05) is 18.2 Å². The monoisotopic (exact) mass is 398 g/mol. The summed E-state index contributed by atoms with van der Waals surface area (Å²) in [5.41, 5.74) is 1.71. The molecule has 0 bridgehead atoms.